The molecule has 0 aliphatic carbocycles. The van der Waals surface area contributed by atoms with Crippen LogP contribution in [0.4, 0.5) is 0 Å². The first-order chi connectivity index (χ1) is 5.16. The van der Waals surface area contributed by atoms with Crippen LogP contribution in [0, 0.1) is 0 Å². The second-order valence-electron chi connectivity index (χ2n) is 1.87. The monoisotopic (exact) mass is 164 g/mol. The van der Waals surface area contributed by atoms with Crippen LogP contribution < -0.4 is 0 Å². The van der Waals surface area contributed by atoms with Gasteiger partial charge >= 0.3 is 5.97 Å². The smallest absolute Gasteiger partial charge is 0.334 e. The van der Waals surface area contributed by atoms with Gasteiger partial charge in [0.25, 0.3) is 0 Å². The molecular weight excluding hydrogens is 152 g/mol. The van der Waals surface area contributed by atoms with Crippen LogP contribution in [-0.4, -0.2) is 42.3 Å². The minimum atomic E-state index is -1.11. The molecule has 0 saturated carbocycles. The summed E-state index contributed by atoms with van der Waals surface area (Å²) in [6.45, 7) is 1.03. The summed E-state index contributed by atoms with van der Waals surface area (Å²) in [6.07, 6.45) is -1.11. The highest BCUT2D eigenvalue weighted by Gasteiger charge is 2.04. The predicted molar refractivity (Wildman–Crippen MR) is 35.7 cm³/mol. The lowest BCUT2D eigenvalue weighted by atomic mass is 10.7. The van der Waals surface area contributed by atoms with Crippen molar-refractivity contribution in [3.63, 3.8) is 0 Å². The molecule has 0 aromatic heterocycles. The molecule has 5 heteroatoms. The molecule has 1 unspecified atom stereocenters. The Morgan fingerprint density at radius 2 is 2.27 bits per heavy atom. The number of esters is 1. The van der Waals surface area contributed by atoms with Crippen LogP contribution in [0.3, 0.4) is 0 Å². The van der Waals surface area contributed by atoms with Gasteiger partial charge in [0.15, 0.2) is 6.29 Å². The Morgan fingerprint density at radius 1 is 1.64 bits per heavy atom. The molecule has 0 spiro atoms. The third kappa shape index (κ3) is 7.24. The molecule has 1 atom stereocenters. The Kier molecular flexibility index (Phi) is 5.73. The van der Waals surface area contributed by atoms with E-state index in [1.807, 2.05) is 0 Å². The van der Waals surface area contributed by atoms with Gasteiger partial charge in [-0.3, -0.25) is 0 Å². The van der Waals surface area contributed by atoms with Gasteiger partial charge in [0.2, 0.25) is 0 Å². The first kappa shape index (κ1) is 10.3. The van der Waals surface area contributed by atoms with Gasteiger partial charge in [0.1, 0.15) is 6.61 Å². The molecule has 0 radical (unpaired) electrons. The number of carbonyl (C=O) groups is 1. The van der Waals surface area contributed by atoms with Gasteiger partial charge in [-0.1, -0.05) is 0 Å². The number of rotatable bonds is 5. The fraction of sp³-hybridized carbons (Fsp3) is 0.833. The highest BCUT2D eigenvalue weighted by atomic mass is 16.6. The zero-order valence-electron chi connectivity index (χ0n) is 6.32. The number of ether oxygens (including phenoxy) is 2. The van der Waals surface area contributed by atoms with Crippen molar-refractivity contribution in [1.82, 2.24) is 0 Å². The molecule has 0 saturated heterocycles. The second-order valence-corrected chi connectivity index (χ2v) is 1.87. The van der Waals surface area contributed by atoms with Crippen LogP contribution in [0.5, 0.6) is 0 Å². The molecule has 5 nitrogen and oxygen atoms in total. The Bertz CT molecular complexity index is 112. The van der Waals surface area contributed by atoms with Crippen LogP contribution in [0.25, 0.3) is 0 Å². The number of hydrogen-bond donors (Lipinski definition) is 2. The Balaban J connectivity index is 3.23. The fourth-order valence-corrected chi connectivity index (χ4v) is 0.444. The van der Waals surface area contributed by atoms with E-state index in [9.17, 15) is 4.79 Å². The summed E-state index contributed by atoms with van der Waals surface area (Å²) >= 11 is 0. The van der Waals surface area contributed by atoms with Crippen LogP contribution in [0.1, 0.15) is 6.92 Å². The van der Waals surface area contributed by atoms with Gasteiger partial charge < -0.3 is 19.7 Å². The van der Waals surface area contributed by atoms with E-state index in [4.69, 9.17) is 10.2 Å². The van der Waals surface area contributed by atoms with Gasteiger partial charge in [-0.15, -0.1) is 0 Å². The highest BCUT2D eigenvalue weighted by molar-refractivity contribution is 5.70. The van der Waals surface area contributed by atoms with Crippen molar-refractivity contribution in [3.8, 4) is 0 Å². The lowest BCUT2D eigenvalue weighted by molar-refractivity contribution is -0.170. The van der Waals surface area contributed by atoms with Crippen molar-refractivity contribution in [2.45, 2.75) is 13.2 Å². The van der Waals surface area contributed by atoms with Crippen LogP contribution in [0.15, 0.2) is 0 Å². The first-order valence-corrected chi connectivity index (χ1v) is 3.23. The van der Waals surface area contributed by atoms with Crippen molar-refractivity contribution in [1.29, 1.82) is 0 Å². The summed E-state index contributed by atoms with van der Waals surface area (Å²) in [5, 5.41) is 16.8. The van der Waals surface area contributed by atoms with Gasteiger partial charge in [-0.05, 0) is 6.92 Å². The summed E-state index contributed by atoms with van der Waals surface area (Å²) in [7, 11) is 0. The lowest BCUT2D eigenvalue weighted by Crippen LogP contribution is -2.19. The zero-order chi connectivity index (χ0) is 8.69. The lowest BCUT2D eigenvalue weighted by Gasteiger charge is -2.06. The molecule has 0 aliphatic heterocycles. The van der Waals surface area contributed by atoms with Crippen molar-refractivity contribution in [2.75, 3.05) is 19.8 Å². The number of aliphatic hydroxyl groups is 2. The van der Waals surface area contributed by atoms with Gasteiger partial charge in [0, 0.05) is 0 Å². The maximum Gasteiger partial charge on any atom is 0.334 e. The average Bonchev–Trinajstić information content (AvgIpc) is 1.86. The molecule has 0 aliphatic rings. The minimum Gasteiger partial charge on any atom is -0.435 e. The van der Waals surface area contributed by atoms with Crippen LogP contribution in [0.2, 0.25) is 0 Å². The van der Waals surface area contributed by atoms with Gasteiger partial charge in [-0.25, -0.2) is 4.79 Å². The molecule has 0 bridgehead atoms. The Morgan fingerprint density at radius 3 is 2.73 bits per heavy atom. The number of hydrogen-bond acceptors (Lipinski definition) is 5. The maximum absolute atomic E-state index is 10.5. The normalized spacial score (nSPS) is 12.6. The summed E-state index contributed by atoms with van der Waals surface area (Å²) in [6, 6.07) is 0. The van der Waals surface area contributed by atoms with E-state index in [1.165, 1.54) is 6.92 Å². The van der Waals surface area contributed by atoms with Crippen LogP contribution >= 0.6 is 0 Å². The number of aliphatic hydroxyl groups excluding tert-OH is 2. The molecule has 11 heavy (non-hydrogen) atoms. The maximum atomic E-state index is 10.5. The molecule has 0 aromatic rings. The predicted octanol–water partition coefficient (Wildman–Crippen LogP) is -1.12. The van der Waals surface area contributed by atoms with Crippen molar-refractivity contribution in [3.05, 3.63) is 0 Å². The fourth-order valence-electron chi connectivity index (χ4n) is 0.444. The third-order valence-corrected chi connectivity index (χ3v) is 0.758. The summed E-state index contributed by atoms with van der Waals surface area (Å²) in [5.74, 6) is -0.645. The first-order valence-electron chi connectivity index (χ1n) is 3.23. The number of carbonyl (C=O) groups excluding carboxylic acids is 1. The van der Waals surface area contributed by atoms with Gasteiger partial charge in [-0.2, -0.15) is 0 Å². The van der Waals surface area contributed by atoms with E-state index < -0.39 is 12.3 Å². The summed E-state index contributed by atoms with van der Waals surface area (Å²) in [4.78, 5) is 10.5. The second kappa shape index (κ2) is 6.09. The average molecular weight is 164 g/mol. The molecule has 0 amide bonds. The quantitative estimate of drug-likeness (QED) is 0.306. The third-order valence-electron chi connectivity index (χ3n) is 0.758. The summed E-state index contributed by atoms with van der Waals surface area (Å²) < 4.78 is 8.92. The molecule has 0 aromatic carbocycles. The Hall–Kier alpha value is -0.650. The minimum absolute atomic E-state index is 0.0922. The standard InChI is InChI=1S/C6H12O5/c1-5(8)11-6(9)4-10-3-2-7/h5,7-8H,2-4H2,1H3. The molecule has 0 fully saturated rings. The van der Waals surface area contributed by atoms with E-state index in [-0.39, 0.29) is 19.8 Å². The molecule has 66 valence electrons. The molecular formula is C6H12O5. The van der Waals surface area contributed by atoms with Crippen molar-refractivity contribution >= 4 is 5.97 Å². The van der Waals surface area contributed by atoms with Crippen molar-refractivity contribution in [2.24, 2.45) is 0 Å². The Labute approximate surface area is 64.5 Å². The van der Waals surface area contributed by atoms with E-state index in [0.717, 1.165) is 0 Å². The van der Waals surface area contributed by atoms with E-state index >= 15 is 0 Å². The largest absolute Gasteiger partial charge is 0.435 e. The molecule has 0 rings (SSSR count). The van der Waals surface area contributed by atoms with E-state index in [0.29, 0.717) is 0 Å². The summed E-state index contributed by atoms with van der Waals surface area (Å²) in [5.41, 5.74) is 0. The topological polar surface area (TPSA) is 76.0 Å². The highest BCUT2D eigenvalue weighted by Crippen LogP contribution is 1.86. The SMILES string of the molecule is CC(O)OC(=O)COCCO. The zero-order valence-corrected chi connectivity index (χ0v) is 6.32. The van der Waals surface area contributed by atoms with Crippen molar-refractivity contribution < 1.29 is 24.5 Å². The van der Waals surface area contributed by atoms with E-state index in [2.05, 4.69) is 9.47 Å². The molecule has 0 heterocycles. The van der Waals surface area contributed by atoms with E-state index in [1.54, 1.807) is 0 Å². The van der Waals surface area contributed by atoms with Crippen LogP contribution in [-0.2, 0) is 14.3 Å². The van der Waals surface area contributed by atoms with Gasteiger partial charge in [0.05, 0.1) is 13.2 Å². The molecule has 2 N–H and O–H groups in total.